The van der Waals surface area contributed by atoms with Crippen LogP contribution < -0.4 is 11.2 Å². The molecule has 0 bridgehead atoms. The summed E-state index contributed by atoms with van der Waals surface area (Å²) in [7, 11) is 4.80. The second-order valence-corrected chi connectivity index (χ2v) is 7.00. The molecule has 1 fully saturated rings. The van der Waals surface area contributed by atoms with Gasteiger partial charge in [0.25, 0.3) is 5.56 Å². The number of likely N-dealkylation sites (tertiary alicyclic amines) is 1. The Morgan fingerprint density at radius 2 is 1.71 bits per heavy atom. The van der Waals surface area contributed by atoms with Crippen LogP contribution in [0.5, 0.6) is 0 Å². The lowest BCUT2D eigenvalue weighted by Gasteiger charge is -2.26. The van der Waals surface area contributed by atoms with E-state index in [0.29, 0.717) is 10.8 Å². The molecule has 0 atom stereocenters. The maximum absolute atomic E-state index is 12.3. The first-order valence-electron chi connectivity index (χ1n) is 7.95. The lowest BCUT2D eigenvalue weighted by molar-refractivity contribution is -0.129. The lowest BCUT2D eigenvalue weighted by atomic mass is 10.1. The van der Waals surface area contributed by atoms with Gasteiger partial charge in [-0.2, -0.15) is 0 Å². The molecule has 24 heavy (non-hydrogen) atoms. The van der Waals surface area contributed by atoms with Crippen LogP contribution in [0.15, 0.2) is 14.7 Å². The van der Waals surface area contributed by atoms with E-state index in [1.54, 1.807) is 18.7 Å². The average Bonchev–Trinajstić information content (AvgIpc) is 2.93. The Morgan fingerprint density at radius 1 is 1.04 bits per heavy atom. The van der Waals surface area contributed by atoms with Crippen molar-refractivity contribution in [3.8, 4) is 0 Å². The second kappa shape index (κ2) is 6.46. The largest absolute Gasteiger partial charge is 0.342 e. The molecule has 0 aliphatic carbocycles. The maximum atomic E-state index is 12.3. The third-order valence-electron chi connectivity index (χ3n) is 4.46. The van der Waals surface area contributed by atoms with Gasteiger partial charge in [0, 0.05) is 34.2 Å². The van der Waals surface area contributed by atoms with Gasteiger partial charge >= 0.3 is 5.69 Å². The number of imidazole rings is 1. The SMILES string of the molecule is Cn1c(=O)c2nc(SCC(=O)N3CCCCC3)n(C)c2n(C)c1=O. The first-order chi connectivity index (χ1) is 11.4. The van der Waals surface area contributed by atoms with Crippen molar-refractivity contribution in [2.24, 2.45) is 21.1 Å². The second-order valence-electron chi connectivity index (χ2n) is 6.06. The van der Waals surface area contributed by atoms with E-state index >= 15 is 0 Å². The number of nitrogens with zero attached hydrogens (tertiary/aromatic N) is 5. The smallest absolute Gasteiger partial charge is 0.332 e. The first-order valence-corrected chi connectivity index (χ1v) is 8.93. The van der Waals surface area contributed by atoms with Crippen LogP contribution in [0.4, 0.5) is 0 Å². The van der Waals surface area contributed by atoms with Crippen molar-refractivity contribution in [3.63, 3.8) is 0 Å². The highest BCUT2D eigenvalue weighted by Crippen LogP contribution is 2.21. The van der Waals surface area contributed by atoms with Gasteiger partial charge in [-0.1, -0.05) is 11.8 Å². The number of aromatic nitrogens is 4. The van der Waals surface area contributed by atoms with Crippen molar-refractivity contribution in [1.82, 2.24) is 23.6 Å². The third kappa shape index (κ3) is 2.77. The first kappa shape index (κ1) is 16.8. The molecule has 2 aromatic rings. The van der Waals surface area contributed by atoms with Gasteiger partial charge < -0.3 is 9.47 Å². The van der Waals surface area contributed by atoms with Crippen molar-refractivity contribution in [3.05, 3.63) is 20.8 Å². The Bertz CT molecular complexity index is 904. The number of carbonyl (C=O) groups excluding carboxylic acids is 1. The number of amides is 1. The molecule has 1 amide bonds. The Morgan fingerprint density at radius 3 is 2.38 bits per heavy atom. The summed E-state index contributed by atoms with van der Waals surface area (Å²) in [6, 6.07) is 0. The molecule has 8 nitrogen and oxygen atoms in total. The van der Waals surface area contributed by atoms with Crippen LogP contribution in [0.2, 0.25) is 0 Å². The maximum Gasteiger partial charge on any atom is 0.332 e. The molecular formula is C15H21N5O3S. The predicted molar refractivity (Wildman–Crippen MR) is 92.4 cm³/mol. The monoisotopic (exact) mass is 351 g/mol. The van der Waals surface area contributed by atoms with Gasteiger partial charge in [-0.3, -0.25) is 18.7 Å². The summed E-state index contributed by atoms with van der Waals surface area (Å²) < 4.78 is 4.15. The summed E-state index contributed by atoms with van der Waals surface area (Å²) in [4.78, 5) is 42.8. The van der Waals surface area contributed by atoms with E-state index < -0.39 is 11.2 Å². The van der Waals surface area contributed by atoms with Crippen molar-refractivity contribution in [2.75, 3.05) is 18.8 Å². The fourth-order valence-electron chi connectivity index (χ4n) is 3.05. The van der Waals surface area contributed by atoms with E-state index in [2.05, 4.69) is 4.98 Å². The number of aryl methyl sites for hydroxylation is 2. The van der Waals surface area contributed by atoms with E-state index in [-0.39, 0.29) is 17.2 Å². The van der Waals surface area contributed by atoms with E-state index in [1.807, 2.05) is 4.90 Å². The number of fused-ring (bicyclic) bond motifs is 1. The molecule has 3 rings (SSSR count). The van der Waals surface area contributed by atoms with Crippen LogP contribution in [-0.2, 0) is 25.9 Å². The molecule has 0 saturated carbocycles. The van der Waals surface area contributed by atoms with Crippen molar-refractivity contribution in [1.29, 1.82) is 0 Å². The summed E-state index contributed by atoms with van der Waals surface area (Å²) >= 11 is 1.30. The standard InChI is InChI=1S/C15H21N5O3S/c1-17-12-11(13(22)19(3)15(23)18(12)2)16-14(17)24-9-10(21)20-7-5-4-6-8-20/h4-9H2,1-3H3. The fraction of sp³-hybridized carbons (Fsp3) is 0.600. The van der Waals surface area contributed by atoms with Gasteiger partial charge in [-0.05, 0) is 19.3 Å². The predicted octanol–water partition coefficient (Wildman–Crippen LogP) is 0.0753. The van der Waals surface area contributed by atoms with E-state index in [4.69, 9.17) is 0 Å². The molecule has 1 saturated heterocycles. The fourth-order valence-corrected chi connectivity index (χ4v) is 3.92. The highest BCUT2D eigenvalue weighted by Gasteiger charge is 2.20. The number of piperidine rings is 1. The molecule has 1 aliphatic heterocycles. The van der Waals surface area contributed by atoms with Gasteiger partial charge in [0.2, 0.25) is 5.91 Å². The molecule has 0 N–H and O–H groups in total. The molecule has 0 spiro atoms. The molecule has 0 radical (unpaired) electrons. The van der Waals surface area contributed by atoms with E-state index in [0.717, 1.165) is 30.5 Å². The lowest BCUT2D eigenvalue weighted by Crippen LogP contribution is -2.37. The van der Waals surface area contributed by atoms with Crippen molar-refractivity contribution in [2.45, 2.75) is 24.4 Å². The van der Waals surface area contributed by atoms with Gasteiger partial charge in [-0.15, -0.1) is 0 Å². The van der Waals surface area contributed by atoms with Gasteiger partial charge in [0.1, 0.15) is 0 Å². The molecule has 130 valence electrons. The molecule has 0 aromatic carbocycles. The third-order valence-corrected chi connectivity index (χ3v) is 5.47. The minimum Gasteiger partial charge on any atom is -0.342 e. The summed E-state index contributed by atoms with van der Waals surface area (Å²) in [5.41, 5.74) is -0.0969. The van der Waals surface area contributed by atoms with Crippen LogP contribution in [0.3, 0.4) is 0 Å². The van der Waals surface area contributed by atoms with Crippen molar-refractivity contribution >= 4 is 28.8 Å². The van der Waals surface area contributed by atoms with Crippen LogP contribution in [0.1, 0.15) is 19.3 Å². The van der Waals surface area contributed by atoms with Crippen molar-refractivity contribution < 1.29 is 4.79 Å². The average molecular weight is 351 g/mol. The number of hydrogen-bond acceptors (Lipinski definition) is 5. The zero-order chi connectivity index (χ0) is 17.4. The Balaban J connectivity index is 1.88. The summed E-state index contributed by atoms with van der Waals surface area (Å²) in [5.74, 6) is 0.374. The number of carbonyl (C=O) groups is 1. The van der Waals surface area contributed by atoms with Gasteiger partial charge in [-0.25, -0.2) is 9.78 Å². The summed E-state index contributed by atoms with van der Waals surface area (Å²) in [5, 5.41) is 0.564. The molecule has 3 heterocycles. The van der Waals surface area contributed by atoms with E-state index in [1.165, 1.54) is 29.8 Å². The van der Waals surface area contributed by atoms with Crippen LogP contribution in [0, 0.1) is 0 Å². The molecule has 1 aliphatic rings. The van der Waals surface area contributed by atoms with Gasteiger partial charge in [0.05, 0.1) is 5.75 Å². The molecule has 2 aromatic heterocycles. The highest BCUT2D eigenvalue weighted by atomic mass is 32.2. The topological polar surface area (TPSA) is 82.1 Å². The number of thioether (sulfide) groups is 1. The van der Waals surface area contributed by atoms with Gasteiger partial charge in [0.15, 0.2) is 16.3 Å². The molecule has 9 heteroatoms. The summed E-state index contributed by atoms with van der Waals surface area (Å²) in [6.07, 6.45) is 3.29. The van der Waals surface area contributed by atoms with Crippen LogP contribution in [0.25, 0.3) is 11.2 Å². The summed E-state index contributed by atoms with van der Waals surface area (Å²) in [6.45, 7) is 1.63. The molecule has 0 unspecified atom stereocenters. The zero-order valence-electron chi connectivity index (χ0n) is 14.1. The highest BCUT2D eigenvalue weighted by molar-refractivity contribution is 7.99. The van der Waals surface area contributed by atoms with Crippen LogP contribution in [-0.4, -0.2) is 48.3 Å². The van der Waals surface area contributed by atoms with E-state index in [9.17, 15) is 14.4 Å². The minimum absolute atomic E-state index is 0.0912. The number of rotatable bonds is 3. The Hall–Kier alpha value is -2.03. The Kier molecular flexibility index (Phi) is 4.53. The van der Waals surface area contributed by atoms with Crippen LogP contribution >= 0.6 is 11.8 Å². The quantitative estimate of drug-likeness (QED) is 0.731. The molecular weight excluding hydrogens is 330 g/mol. The normalized spacial score (nSPS) is 15.2. The minimum atomic E-state index is -0.419. The zero-order valence-corrected chi connectivity index (χ0v) is 14.9. The Labute approximate surface area is 143 Å². The number of hydrogen-bond donors (Lipinski definition) is 0.